The Labute approximate surface area is 92.3 Å². The Morgan fingerprint density at radius 1 is 1.29 bits per heavy atom. The Morgan fingerprint density at radius 2 is 1.94 bits per heavy atom. The van der Waals surface area contributed by atoms with Crippen LogP contribution in [0.1, 0.15) is 6.42 Å². The minimum Gasteiger partial charge on any atom is -0.481 e. The molecule has 0 spiro atoms. The highest BCUT2D eigenvalue weighted by Crippen LogP contribution is 2.00. The lowest BCUT2D eigenvalue weighted by molar-refractivity contribution is -0.144. The highest BCUT2D eigenvalue weighted by molar-refractivity contribution is 5.82. The van der Waals surface area contributed by atoms with Gasteiger partial charge in [0.15, 0.2) is 0 Å². The SMILES string of the molecule is O=C(O)CC(Nc1nc(=O)[nH]c(=O)[nH]1)C(=O)O. The predicted molar refractivity (Wildman–Crippen MR) is 52.8 cm³/mol. The van der Waals surface area contributed by atoms with Crippen molar-refractivity contribution >= 4 is 17.9 Å². The quantitative estimate of drug-likeness (QED) is 0.389. The van der Waals surface area contributed by atoms with E-state index < -0.39 is 41.7 Å². The third-order valence-electron chi connectivity index (χ3n) is 1.65. The maximum Gasteiger partial charge on any atom is 0.352 e. The van der Waals surface area contributed by atoms with Gasteiger partial charge in [0.25, 0.3) is 0 Å². The molecular formula is C7H8N4O6. The highest BCUT2D eigenvalue weighted by Gasteiger charge is 2.21. The van der Waals surface area contributed by atoms with E-state index >= 15 is 0 Å². The van der Waals surface area contributed by atoms with Crippen LogP contribution in [0.2, 0.25) is 0 Å². The number of H-pyrrole nitrogens is 2. The summed E-state index contributed by atoms with van der Waals surface area (Å²) < 4.78 is 0. The van der Waals surface area contributed by atoms with Gasteiger partial charge in [0, 0.05) is 0 Å². The molecule has 10 heteroatoms. The number of rotatable bonds is 5. The fraction of sp³-hybridized carbons (Fsp3) is 0.286. The number of hydrogen-bond donors (Lipinski definition) is 5. The van der Waals surface area contributed by atoms with Crippen molar-refractivity contribution in [2.45, 2.75) is 12.5 Å². The number of aromatic nitrogens is 3. The van der Waals surface area contributed by atoms with E-state index in [4.69, 9.17) is 10.2 Å². The Hall–Kier alpha value is -2.65. The Morgan fingerprint density at radius 3 is 2.41 bits per heavy atom. The summed E-state index contributed by atoms with van der Waals surface area (Å²) in [6.45, 7) is 0. The predicted octanol–water partition coefficient (Wildman–Crippen LogP) is -2.20. The third kappa shape index (κ3) is 3.77. The van der Waals surface area contributed by atoms with E-state index in [2.05, 4.69) is 10.3 Å². The zero-order chi connectivity index (χ0) is 13.0. The number of nitrogens with one attached hydrogen (secondary N) is 3. The normalized spacial score (nSPS) is 11.8. The van der Waals surface area contributed by atoms with Crippen molar-refractivity contribution < 1.29 is 19.8 Å². The summed E-state index contributed by atoms with van der Waals surface area (Å²) in [5.74, 6) is -3.21. The lowest BCUT2D eigenvalue weighted by atomic mass is 10.2. The van der Waals surface area contributed by atoms with Gasteiger partial charge in [0.2, 0.25) is 5.95 Å². The number of aromatic amines is 2. The van der Waals surface area contributed by atoms with E-state index in [1.165, 1.54) is 0 Å². The molecule has 1 heterocycles. The van der Waals surface area contributed by atoms with Crippen molar-refractivity contribution in [2.75, 3.05) is 5.32 Å². The molecule has 1 rings (SSSR count). The Balaban J connectivity index is 2.93. The van der Waals surface area contributed by atoms with Crippen LogP contribution < -0.4 is 16.7 Å². The summed E-state index contributed by atoms with van der Waals surface area (Å²) >= 11 is 0. The zero-order valence-electron chi connectivity index (χ0n) is 8.26. The minimum absolute atomic E-state index is 0.410. The van der Waals surface area contributed by atoms with Crippen LogP contribution in [0.25, 0.3) is 0 Å². The van der Waals surface area contributed by atoms with Gasteiger partial charge >= 0.3 is 23.3 Å². The number of aliphatic carboxylic acids is 2. The lowest BCUT2D eigenvalue weighted by Gasteiger charge is -2.11. The molecule has 0 aromatic carbocycles. The monoisotopic (exact) mass is 244 g/mol. The van der Waals surface area contributed by atoms with Crippen molar-refractivity contribution in [1.29, 1.82) is 0 Å². The molecule has 0 bridgehead atoms. The summed E-state index contributed by atoms with van der Waals surface area (Å²) in [6.07, 6.45) is -0.730. The van der Waals surface area contributed by atoms with E-state index in [9.17, 15) is 19.2 Å². The molecule has 0 saturated carbocycles. The first-order chi connectivity index (χ1) is 7.88. The molecule has 0 aliphatic carbocycles. The average molecular weight is 244 g/mol. The van der Waals surface area contributed by atoms with E-state index in [0.717, 1.165) is 0 Å². The van der Waals surface area contributed by atoms with Crippen LogP contribution in [0.5, 0.6) is 0 Å². The topological polar surface area (TPSA) is 165 Å². The molecule has 92 valence electrons. The third-order valence-corrected chi connectivity index (χ3v) is 1.65. The molecule has 5 N–H and O–H groups in total. The van der Waals surface area contributed by atoms with Gasteiger partial charge in [-0.3, -0.25) is 14.8 Å². The number of carboxylic acid groups (broad SMARTS) is 2. The second kappa shape index (κ2) is 4.92. The van der Waals surface area contributed by atoms with E-state index in [1.54, 1.807) is 4.98 Å². The molecule has 1 aromatic rings. The number of anilines is 1. The molecular weight excluding hydrogens is 236 g/mol. The zero-order valence-corrected chi connectivity index (χ0v) is 8.26. The van der Waals surface area contributed by atoms with Crippen LogP contribution in [0.3, 0.4) is 0 Å². The van der Waals surface area contributed by atoms with Crippen LogP contribution in [0, 0.1) is 0 Å². The molecule has 0 radical (unpaired) electrons. The molecule has 0 amide bonds. The Kier molecular flexibility index (Phi) is 3.59. The van der Waals surface area contributed by atoms with Gasteiger partial charge in [-0.1, -0.05) is 0 Å². The van der Waals surface area contributed by atoms with Crippen molar-refractivity contribution in [1.82, 2.24) is 15.0 Å². The number of hydrogen-bond acceptors (Lipinski definition) is 6. The first kappa shape index (κ1) is 12.4. The van der Waals surface area contributed by atoms with Crippen LogP contribution in [-0.2, 0) is 9.59 Å². The second-order valence-corrected chi connectivity index (χ2v) is 2.98. The standard InChI is InChI=1S/C7H8N4O6/c12-3(13)1-2(4(14)15)8-5-9-6(16)11-7(17)10-5/h2H,1H2,(H,12,13)(H,14,15)(H3,8,9,10,11,16,17). The maximum atomic E-state index is 10.8. The molecule has 0 aliphatic heterocycles. The summed E-state index contributed by atoms with van der Waals surface area (Å²) in [5.41, 5.74) is -1.86. The van der Waals surface area contributed by atoms with Gasteiger partial charge in [-0.2, -0.15) is 4.98 Å². The van der Waals surface area contributed by atoms with Crippen LogP contribution in [-0.4, -0.2) is 43.1 Å². The van der Waals surface area contributed by atoms with Gasteiger partial charge in [-0.05, 0) is 0 Å². The molecule has 0 saturated heterocycles. The number of nitrogens with zero attached hydrogens (tertiary/aromatic N) is 1. The van der Waals surface area contributed by atoms with Gasteiger partial charge in [-0.25, -0.2) is 14.4 Å². The van der Waals surface area contributed by atoms with E-state index in [-0.39, 0.29) is 0 Å². The minimum atomic E-state index is -1.50. The van der Waals surface area contributed by atoms with Crippen molar-refractivity contribution in [2.24, 2.45) is 0 Å². The largest absolute Gasteiger partial charge is 0.481 e. The smallest absolute Gasteiger partial charge is 0.352 e. The molecule has 0 fully saturated rings. The second-order valence-electron chi connectivity index (χ2n) is 2.98. The van der Waals surface area contributed by atoms with Crippen LogP contribution in [0.15, 0.2) is 9.59 Å². The average Bonchev–Trinajstić information content (AvgIpc) is 2.13. The molecule has 1 unspecified atom stereocenters. The summed E-state index contributed by atoms with van der Waals surface area (Å²) in [7, 11) is 0. The van der Waals surface area contributed by atoms with E-state index in [1.807, 2.05) is 4.98 Å². The van der Waals surface area contributed by atoms with Gasteiger partial charge < -0.3 is 15.5 Å². The molecule has 0 aliphatic rings. The van der Waals surface area contributed by atoms with Crippen molar-refractivity contribution in [3.05, 3.63) is 21.0 Å². The highest BCUT2D eigenvalue weighted by atomic mass is 16.4. The summed E-state index contributed by atoms with van der Waals surface area (Å²) in [5, 5.41) is 19.3. The molecule has 17 heavy (non-hydrogen) atoms. The number of carboxylic acids is 2. The molecule has 1 atom stereocenters. The lowest BCUT2D eigenvalue weighted by Crippen LogP contribution is -2.35. The first-order valence-corrected chi connectivity index (χ1v) is 4.30. The summed E-state index contributed by atoms with van der Waals surface area (Å²) in [4.78, 5) is 49.7. The van der Waals surface area contributed by atoms with Crippen molar-refractivity contribution in [3.8, 4) is 0 Å². The van der Waals surface area contributed by atoms with Gasteiger partial charge in [0.1, 0.15) is 6.04 Å². The van der Waals surface area contributed by atoms with Crippen LogP contribution in [0.4, 0.5) is 5.95 Å². The maximum absolute atomic E-state index is 10.8. The van der Waals surface area contributed by atoms with Gasteiger partial charge in [-0.15, -0.1) is 0 Å². The summed E-state index contributed by atoms with van der Waals surface area (Å²) in [6, 6.07) is -1.50. The van der Waals surface area contributed by atoms with E-state index in [0.29, 0.717) is 0 Å². The fourth-order valence-electron chi connectivity index (χ4n) is 1.00. The van der Waals surface area contributed by atoms with Crippen LogP contribution >= 0.6 is 0 Å². The Bertz CT molecular complexity index is 518. The first-order valence-electron chi connectivity index (χ1n) is 4.30. The fourth-order valence-corrected chi connectivity index (χ4v) is 1.00. The van der Waals surface area contributed by atoms with Crippen molar-refractivity contribution in [3.63, 3.8) is 0 Å². The molecule has 10 nitrogen and oxygen atoms in total. The van der Waals surface area contributed by atoms with Gasteiger partial charge in [0.05, 0.1) is 6.42 Å². The number of carbonyl (C=O) groups is 2. The molecule has 1 aromatic heterocycles.